The number of aliphatic imine (C=N–C) groups is 1. The van der Waals surface area contributed by atoms with E-state index in [1.807, 2.05) is 0 Å². The molecule has 0 aromatic heterocycles. The lowest BCUT2D eigenvalue weighted by molar-refractivity contribution is 0.548. The largest absolute Gasteiger partial charge is 0.766 e. The highest BCUT2D eigenvalue weighted by atomic mass is 32.2. The number of nitrogens with one attached hydrogen (secondary N) is 1. The zero-order chi connectivity index (χ0) is 7.40. The van der Waals surface area contributed by atoms with Gasteiger partial charge in [0.15, 0.2) is 5.17 Å². The fourth-order valence-electron chi connectivity index (χ4n) is 0.464. The molecule has 0 spiro atoms. The smallest absolute Gasteiger partial charge is 0.182 e. The Morgan fingerprint density at radius 2 is 2.40 bits per heavy atom. The van der Waals surface area contributed by atoms with Crippen molar-refractivity contribution in [3.63, 3.8) is 0 Å². The summed E-state index contributed by atoms with van der Waals surface area (Å²) in [6, 6.07) is 0. The molecule has 1 unspecified atom stereocenters. The Bertz CT molecular complexity index is 232. The molecule has 10 heavy (non-hydrogen) atoms. The lowest BCUT2D eigenvalue weighted by Gasteiger charge is -2.05. The second-order valence-electron chi connectivity index (χ2n) is 1.51. The van der Waals surface area contributed by atoms with Crippen molar-refractivity contribution < 1.29 is 8.76 Å². The maximum Gasteiger partial charge on any atom is 0.182 e. The van der Waals surface area contributed by atoms with E-state index in [9.17, 15) is 8.76 Å². The van der Waals surface area contributed by atoms with Gasteiger partial charge in [0.2, 0.25) is 0 Å². The topological polar surface area (TPSA) is 64.5 Å². The summed E-state index contributed by atoms with van der Waals surface area (Å²) in [4.78, 5) is 3.57. The molecule has 1 rings (SSSR count). The molecule has 0 fully saturated rings. The number of amidine groups is 1. The summed E-state index contributed by atoms with van der Waals surface area (Å²) in [5, 5.41) is 2.41. The van der Waals surface area contributed by atoms with Gasteiger partial charge in [-0.3, -0.25) is 4.21 Å². The van der Waals surface area contributed by atoms with E-state index < -0.39 is 11.1 Å². The molecule has 0 aliphatic carbocycles. The van der Waals surface area contributed by atoms with Gasteiger partial charge < -0.3 is 9.87 Å². The summed E-state index contributed by atoms with van der Waals surface area (Å²) in [5.74, 6) is 0. The van der Waals surface area contributed by atoms with Gasteiger partial charge in [-0.2, -0.15) is 0 Å². The van der Waals surface area contributed by atoms with E-state index >= 15 is 0 Å². The Hall–Kier alpha value is -0.940. The number of allylic oxidation sites excluding steroid dienone is 2. The third-order valence-electron chi connectivity index (χ3n) is 0.850. The average molecular weight is 157 g/mol. The van der Waals surface area contributed by atoms with Gasteiger partial charge in [0.25, 0.3) is 0 Å². The maximum absolute atomic E-state index is 10.2. The third-order valence-corrected chi connectivity index (χ3v) is 1.39. The van der Waals surface area contributed by atoms with Crippen LogP contribution < -0.4 is 5.32 Å². The van der Waals surface area contributed by atoms with Crippen LogP contribution >= 0.6 is 0 Å². The van der Waals surface area contributed by atoms with Gasteiger partial charge in [-0.25, -0.2) is 4.99 Å². The molecule has 1 aliphatic heterocycles. The first-order valence-electron chi connectivity index (χ1n) is 2.56. The van der Waals surface area contributed by atoms with E-state index in [0.717, 1.165) is 0 Å². The fraction of sp³-hybridized carbons (Fsp3) is 0. The molecule has 1 atom stereocenters. The van der Waals surface area contributed by atoms with Gasteiger partial charge in [0, 0.05) is 23.5 Å². The van der Waals surface area contributed by atoms with Crippen molar-refractivity contribution in [1.82, 2.24) is 5.32 Å². The minimum Gasteiger partial charge on any atom is -0.766 e. The van der Waals surface area contributed by atoms with Crippen LogP contribution in [0.15, 0.2) is 29.5 Å². The average Bonchev–Trinajstić information content (AvgIpc) is 2.12. The van der Waals surface area contributed by atoms with Gasteiger partial charge >= 0.3 is 0 Å². The standard InChI is InChI=1S/C5H6N2O2S/c8-10(9)5-6-3-1-2-4-7-5/h1-4H,(H,6,7)(H,8,9)/p-1. The summed E-state index contributed by atoms with van der Waals surface area (Å²) in [6.45, 7) is 0. The predicted molar refractivity (Wildman–Crippen MR) is 37.8 cm³/mol. The maximum atomic E-state index is 10.2. The Balaban J connectivity index is 2.78. The Labute approximate surface area is 60.6 Å². The minimum absolute atomic E-state index is 0.0648. The summed E-state index contributed by atoms with van der Waals surface area (Å²) < 4.78 is 20.5. The van der Waals surface area contributed by atoms with Crippen LogP contribution in [0.2, 0.25) is 0 Å². The van der Waals surface area contributed by atoms with Crippen LogP contribution in [0.4, 0.5) is 0 Å². The highest BCUT2D eigenvalue weighted by molar-refractivity contribution is 7.95. The molecular weight excluding hydrogens is 152 g/mol. The van der Waals surface area contributed by atoms with Gasteiger partial charge in [-0.1, -0.05) is 0 Å². The molecule has 0 bridgehead atoms. The van der Waals surface area contributed by atoms with Gasteiger partial charge in [-0.15, -0.1) is 0 Å². The third kappa shape index (κ3) is 1.78. The van der Waals surface area contributed by atoms with Crippen LogP contribution in [-0.4, -0.2) is 13.9 Å². The van der Waals surface area contributed by atoms with Crippen LogP contribution in [0.1, 0.15) is 0 Å². The first kappa shape index (κ1) is 7.17. The lowest BCUT2D eigenvalue weighted by Crippen LogP contribution is -2.21. The minimum atomic E-state index is -2.28. The zero-order valence-corrected chi connectivity index (χ0v) is 5.80. The number of rotatable bonds is 0. The molecule has 0 aromatic rings. The number of nitrogens with zero attached hydrogens (tertiary/aromatic N) is 1. The first-order valence-corrected chi connectivity index (χ1v) is 3.63. The van der Waals surface area contributed by atoms with Crippen molar-refractivity contribution in [2.75, 3.05) is 0 Å². The van der Waals surface area contributed by atoms with Crippen LogP contribution in [0.3, 0.4) is 0 Å². The van der Waals surface area contributed by atoms with Crippen molar-refractivity contribution in [2.45, 2.75) is 0 Å². The molecule has 1 aliphatic rings. The molecule has 1 heterocycles. The van der Waals surface area contributed by atoms with E-state index in [0.29, 0.717) is 0 Å². The Morgan fingerprint density at radius 3 is 3.10 bits per heavy atom. The summed E-state index contributed by atoms with van der Waals surface area (Å²) in [6.07, 6.45) is 6.19. The molecule has 0 aromatic carbocycles. The van der Waals surface area contributed by atoms with E-state index in [4.69, 9.17) is 0 Å². The molecule has 5 heteroatoms. The quantitative estimate of drug-likeness (QED) is 0.497. The van der Waals surface area contributed by atoms with E-state index in [1.54, 1.807) is 12.2 Å². The molecule has 0 amide bonds. The summed E-state index contributed by atoms with van der Waals surface area (Å²) in [7, 11) is 0. The van der Waals surface area contributed by atoms with E-state index in [-0.39, 0.29) is 5.17 Å². The van der Waals surface area contributed by atoms with Crippen LogP contribution in [0.25, 0.3) is 0 Å². The van der Waals surface area contributed by atoms with Crippen LogP contribution in [0.5, 0.6) is 0 Å². The Kier molecular flexibility index (Phi) is 2.35. The summed E-state index contributed by atoms with van der Waals surface area (Å²) >= 11 is -2.28. The number of hydrogen-bond donors (Lipinski definition) is 1. The molecule has 4 nitrogen and oxygen atoms in total. The molecule has 1 N–H and O–H groups in total. The van der Waals surface area contributed by atoms with E-state index in [1.165, 1.54) is 12.4 Å². The van der Waals surface area contributed by atoms with Crippen molar-refractivity contribution >= 4 is 16.2 Å². The second kappa shape index (κ2) is 3.28. The van der Waals surface area contributed by atoms with Crippen LogP contribution in [0, 0.1) is 0 Å². The van der Waals surface area contributed by atoms with Crippen molar-refractivity contribution in [1.29, 1.82) is 0 Å². The lowest BCUT2D eigenvalue weighted by atomic mass is 10.6. The molecule has 0 radical (unpaired) electrons. The normalized spacial score (nSPS) is 19.1. The molecule has 0 saturated heterocycles. The van der Waals surface area contributed by atoms with Crippen molar-refractivity contribution in [3.8, 4) is 0 Å². The first-order chi connectivity index (χ1) is 4.80. The zero-order valence-electron chi connectivity index (χ0n) is 4.98. The monoisotopic (exact) mass is 157 g/mol. The predicted octanol–water partition coefficient (Wildman–Crippen LogP) is -0.148. The Morgan fingerprint density at radius 1 is 1.60 bits per heavy atom. The van der Waals surface area contributed by atoms with E-state index in [2.05, 4.69) is 10.3 Å². The van der Waals surface area contributed by atoms with Gasteiger partial charge in [-0.05, 0) is 12.2 Å². The highest BCUT2D eigenvalue weighted by Crippen LogP contribution is 1.88. The summed E-state index contributed by atoms with van der Waals surface area (Å²) in [5.41, 5.74) is 0. The van der Waals surface area contributed by atoms with Gasteiger partial charge in [0.05, 0.1) is 0 Å². The van der Waals surface area contributed by atoms with Crippen LogP contribution in [-0.2, 0) is 11.1 Å². The molecular formula is C5H5N2O2S-. The number of hydrogen-bond acceptors (Lipinski definition) is 4. The van der Waals surface area contributed by atoms with Crippen molar-refractivity contribution in [2.24, 2.45) is 4.99 Å². The van der Waals surface area contributed by atoms with Gasteiger partial charge in [0.1, 0.15) is 0 Å². The van der Waals surface area contributed by atoms with Crippen molar-refractivity contribution in [3.05, 3.63) is 24.6 Å². The second-order valence-corrected chi connectivity index (χ2v) is 2.37. The SMILES string of the molecule is O=S([O-])C1=NC=CC=CN1. The molecule has 54 valence electrons. The molecule has 0 saturated carbocycles. The highest BCUT2D eigenvalue weighted by Gasteiger charge is 1.93. The fourth-order valence-corrected chi connectivity index (χ4v) is 0.775.